The van der Waals surface area contributed by atoms with Crippen LogP contribution in [0.15, 0.2) is 49.0 Å². The van der Waals surface area contributed by atoms with Gasteiger partial charge in [0, 0.05) is 11.1 Å². The SMILES string of the molecule is C=C(NNC(=O)c1ccc(F)cc1)c1ccc2c(c1)OCCO2. The van der Waals surface area contributed by atoms with Crippen molar-refractivity contribution in [2.24, 2.45) is 0 Å². The zero-order chi connectivity index (χ0) is 16.2. The third kappa shape index (κ3) is 3.42. The average Bonchev–Trinajstić information content (AvgIpc) is 2.59. The Bertz CT molecular complexity index is 744. The van der Waals surface area contributed by atoms with E-state index in [1.54, 1.807) is 12.1 Å². The number of hydrogen-bond acceptors (Lipinski definition) is 4. The molecule has 6 heteroatoms. The summed E-state index contributed by atoms with van der Waals surface area (Å²) >= 11 is 0. The third-order valence-electron chi connectivity index (χ3n) is 3.32. The van der Waals surface area contributed by atoms with E-state index < -0.39 is 5.82 Å². The molecule has 0 unspecified atom stereocenters. The van der Waals surface area contributed by atoms with E-state index in [0.29, 0.717) is 36.0 Å². The van der Waals surface area contributed by atoms with Crippen molar-refractivity contribution in [1.82, 2.24) is 10.9 Å². The Labute approximate surface area is 132 Å². The summed E-state index contributed by atoms with van der Waals surface area (Å²) < 4.78 is 23.8. The molecule has 2 aromatic carbocycles. The van der Waals surface area contributed by atoms with Crippen LogP contribution in [0.2, 0.25) is 0 Å². The highest BCUT2D eigenvalue weighted by atomic mass is 19.1. The quantitative estimate of drug-likeness (QED) is 0.851. The Hall–Kier alpha value is -3.02. The van der Waals surface area contributed by atoms with Crippen LogP contribution in [0.3, 0.4) is 0 Å². The van der Waals surface area contributed by atoms with Crippen molar-refractivity contribution in [3.05, 3.63) is 66.0 Å². The standard InChI is InChI=1S/C17H15FN2O3/c1-11(13-4-7-15-16(10-13)23-9-8-22-15)19-20-17(21)12-2-5-14(18)6-3-12/h2-7,10,19H,1,8-9H2,(H,20,21). The summed E-state index contributed by atoms with van der Waals surface area (Å²) in [5.74, 6) is 0.545. The van der Waals surface area contributed by atoms with Gasteiger partial charge in [0.1, 0.15) is 19.0 Å². The van der Waals surface area contributed by atoms with Crippen LogP contribution in [-0.4, -0.2) is 19.1 Å². The molecule has 0 aromatic heterocycles. The smallest absolute Gasteiger partial charge is 0.269 e. The van der Waals surface area contributed by atoms with E-state index in [4.69, 9.17) is 9.47 Å². The van der Waals surface area contributed by atoms with Crippen molar-refractivity contribution in [2.45, 2.75) is 0 Å². The highest BCUT2D eigenvalue weighted by Crippen LogP contribution is 2.31. The van der Waals surface area contributed by atoms with Crippen LogP contribution in [0.5, 0.6) is 11.5 Å². The number of carbonyl (C=O) groups is 1. The fourth-order valence-corrected chi connectivity index (χ4v) is 2.11. The van der Waals surface area contributed by atoms with Gasteiger partial charge in [0.15, 0.2) is 11.5 Å². The van der Waals surface area contributed by atoms with Crippen molar-refractivity contribution < 1.29 is 18.7 Å². The molecule has 0 radical (unpaired) electrons. The van der Waals surface area contributed by atoms with Gasteiger partial charge in [-0.1, -0.05) is 6.58 Å². The molecular weight excluding hydrogens is 299 g/mol. The van der Waals surface area contributed by atoms with Crippen molar-refractivity contribution in [3.63, 3.8) is 0 Å². The molecule has 0 aliphatic carbocycles. The molecule has 1 aliphatic heterocycles. The minimum Gasteiger partial charge on any atom is -0.486 e. The number of carbonyl (C=O) groups excluding carboxylic acids is 1. The molecule has 0 saturated heterocycles. The normalized spacial score (nSPS) is 12.4. The predicted molar refractivity (Wildman–Crippen MR) is 83.5 cm³/mol. The zero-order valence-corrected chi connectivity index (χ0v) is 12.3. The summed E-state index contributed by atoms with van der Waals surface area (Å²) in [5, 5.41) is 0. The van der Waals surface area contributed by atoms with Crippen LogP contribution < -0.4 is 20.3 Å². The molecule has 23 heavy (non-hydrogen) atoms. The minimum absolute atomic E-state index is 0.342. The minimum atomic E-state index is -0.393. The zero-order valence-electron chi connectivity index (χ0n) is 12.3. The highest BCUT2D eigenvalue weighted by molar-refractivity contribution is 5.94. The molecule has 2 N–H and O–H groups in total. The van der Waals surface area contributed by atoms with E-state index in [2.05, 4.69) is 17.4 Å². The summed E-state index contributed by atoms with van der Waals surface area (Å²) in [6.07, 6.45) is 0. The summed E-state index contributed by atoms with van der Waals surface area (Å²) in [7, 11) is 0. The second-order valence-corrected chi connectivity index (χ2v) is 4.92. The molecule has 0 atom stereocenters. The largest absolute Gasteiger partial charge is 0.486 e. The van der Waals surface area contributed by atoms with Crippen LogP contribution in [0.1, 0.15) is 15.9 Å². The van der Waals surface area contributed by atoms with Gasteiger partial charge in [-0.25, -0.2) is 4.39 Å². The monoisotopic (exact) mass is 314 g/mol. The van der Waals surface area contributed by atoms with Gasteiger partial charge < -0.3 is 9.47 Å². The van der Waals surface area contributed by atoms with Crippen LogP contribution in [-0.2, 0) is 0 Å². The Balaban J connectivity index is 1.63. The van der Waals surface area contributed by atoms with E-state index >= 15 is 0 Å². The Kier molecular flexibility index (Phi) is 4.14. The summed E-state index contributed by atoms with van der Waals surface area (Å²) in [6, 6.07) is 10.6. The topological polar surface area (TPSA) is 59.6 Å². The maximum absolute atomic E-state index is 12.8. The molecule has 5 nitrogen and oxygen atoms in total. The molecule has 0 spiro atoms. The lowest BCUT2D eigenvalue weighted by Crippen LogP contribution is -2.35. The molecule has 2 aromatic rings. The van der Waals surface area contributed by atoms with Crippen molar-refractivity contribution >= 4 is 11.6 Å². The number of rotatable bonds is 4. The van der Waals surface area contributed by atoms with Crippen molar-refractivity contribution in [3.8, 4) is 11.5 Å². The number of amides is 1. The first kappa shape index (κ1) is 14.9. The number of hydrazine groups is 1. The fraction of sp³-hybridized carbons (Fsp3) is 0.118. The first-order valence-electron chi connectivity index (χ1n) is 7.04. The lowest BCUT2D eigenvalue weighted by Gasteiger charge is -2.19. The van der Waals surface area contributed by atoms with Gasteiger partial charge in [-0.3, -0.25) is 15.6 Å². The second kappa shape index (κ2) is 6.39. The number of halogens is 1. The van der Waals surface area contributed by atoms with Crippen LogP contribution >= 0.6 is 0 Å². The lowest BCUT2D eigenvalue weighted by molar-refractivity contribution is 0.0942. The molecular formula is C17H15FN2O3. The van der Waals surface area contributed by atoms with E-state index in [9.17, 15) is 9.18 Å². The molecule has 0 saturated carbocycles. The molecule has 1 heterocycles. The molecule has 0 fully saturated rings. The van der Waals surface area contributed by atoms with E-state index in [0.717, 1.165) is 5.56 Å². The van der Waals surface area contributed by atoms with Crippen molar-refractivity contribution in [2.75, 3.05) is 13.2 Å². The first-order valence-corrected chi connectivity index (χ1v) is 7.04. The molecule has 118 valence electrons. The number of hydrogen-bond donors (Lipinski definition) is 2. The number of fused-ring (bicyclic) bond motifs is 1. The van der Waals surface area contributed by atoms with E-state index in [-0.39, 0.29) is 5.91 Å². The van der Waals surface area contributed by atoms with Crippen LogP contribution in [0.4, 0.5) is 4.39 Å². The van der Waals surface area contributed by atoms with Gasteiger partial charge in [0.25, 0.3) is 5.91 Å². The Morgan fingerprint density at radius 3 is 2.35 bits per heavy atom. The van der Waals surface area contributed by atoms with Gasteiger partial charge in [-0.15, -0.1) is 0 Å². The van der Waals surface area contributed by atoms with Crippen molar-refractivity contribution in [1.29, 1.82) is 0 Å². The Morgan fingerprint density at radius 2 is 1.61 bits per heavy atom. The number of ether oxygens (including phenoxy) is 2. The molecule has 3 rings (SSSR count). The van der Waals surface area contributed by atoms with Gasteiger partial charge in [-0.05, 0) is 42.5 Å². The Morgan fingerprint density at radius 1 is 0.957 bits per heavy atom. The average molecular weight is 314 g/mol. The molecule has 0 bridgehead atoms. The van der Waals surface area contributed by atoms with Crippen LogP contribution in [0, 0.1) is 5.82 Å². The third-order valence-corrected chi connectivity index (χ3v) is 3.32. The van der Waals surface area contributed by atoms with Gasteiger partial charge in [0.2, 0.25) is 0 Å². The summed E-state index contributed by atoms with van der Waals surface area (Å²) in [5.41, 5.74) is 6.85. The van der Waals surface area contributed by atoms with Crippen LogP contribution in [0.25, 0.3) is 5.70 Å². The summed E-state index contributed by atoms with van der Waals surface area (Å²) in [6.45, 7) is 4.90. The van der Waals surface area contributed by atoms with E-state index in [1.165, 1.54) is 24.3 Å². The van der Waals surface area contributed by atoms with Gasteiger partial charge in [-0.2, -0.15) is 0 Å². The maximum Gasteiger partial charge on any atom is 0.269 e. The summed E-state index contributed by atoms with van der Waals surface area (Å²) in [4.78, 5) is 11.9. The molecule has 1 aliphatic rings. The number of nitrogens with one attached hydrogen (secondary N) is 2. The van der Waals surface area contributed by atoms with E-state index in [1.807, 2.05) is 6.07 Å². The second-order valence-electron chi connectivity index (χ2n) is 4.92. The number of benzene rings is 2. The molecule has 1 amide bonds. The highest BCUT2D eigenvalue weighted by Gasteiger charge is 2.13. The maximum atomic E-state index is 12.8. The van der Waals surface area contributed by atoms with Gasteiger partial charge in [0.05, 0.1) is 5.70 Å². The fourth-order valence-electron chi connectivity index (χ4n) is 2.11. The predicted octanol–water partition coefficient (Wildman–Crippen LogP) is 2.50. The first-order chi connectivity index (χ1) is 11.1. The van der Waals surface area contributed by atoms with Gasteiger partial charge >= 0.3 is 0 Å². The lowest BCUT2D eigenvalue weighted by atomic mass is 10.1.